The van der Waals surface area contributed by atoms with Crippen LogP contribution >= 0.6 is 0 Å². The number of carbonyl (C=O) groups is 2. The summed E-state index contributed by atoms with van der Waals surface area (Å²) in [5.74, 6) is 0.195. The molecule has 2 aromatic carbocycles. The highest BCUT2D eigenvalue weighted by molar-refractivity contribution is 5.98. The van der Waals surface area contributed by atoms with Crippen molar-refractivity contribution in [2.24, 2.45) is 0 Å². The van der Waals surface area contributed by atoms with Crippen LogP contribution in [-0.2, 0) is 4.79 Å². The zero-order chi connectivity index (χ0) is 17.1. The van der Waals surface area contributed by atoms with E-state index in [0.717, 1.165) is 5.56 Å². The number of nitrogens with zero attached hydrogens (tertiary/aromatic N) is 1. The van der Waals surface area contributed by atoms with Gasteiger partial charge >= 0.3 is 0 Å². The normalized spacial score (nSPS) is 17.7. The van der Waals surface area contributed by atoms with Crippen molar-refractivity contribution in [3.05, 3.63) is 71.3 Å². The fourth-order valence-electron chi connectivity index (χ4n) is 3.03. The first kappa shape index (κ1) is 16.2. The van der Waals surface area contributed by atoms with Crippen LogP contribution in [0.2, 0.25) is 0 Å². The molecule has 1 saturated heterocycles. The van der Waals surface area contributed by atoms with Gasteiger partial charge in [0.25, 0.3) is 5.91 Å². The lowest BCUT2D eigenvalue weighted by molar-refractivity contribution is -0.128. The summed E-state index contributed by atoms with van der Waals surface area (Å²) in [5, 5.41) is 2.86. The van der Waals surface area contributed by atoms with Crippen molar-refractivity contribution < 1.29 is 9.59 Å². The lowest BCUT2D eigenvalue weighted by atomic mass is 9.99. The van der Waals surface area contributed by atoms with Crippen LogP contribution < -0.4 is 5.32 Å². The van der Waals surface area contributed by atoms with Crippen LogP contribution in [0.3, 0.4) is 0 Å². The predicted molar refractivity (Wildman–Crippen MR) is 93.8 cm³/mol. The summed E-state index contributed by atoms with van der Waals surface area (Å²) in [5.41, 5.74) is 2.65. The average molecular weight is 322 g/mol. The molecule has 124 valence electrons. The maximum absolute atomic E-state index is 13.0. The molecule has 0 saturated carbocycles. The minimum absolute atomic E-state index is 0.103. The smallest absolute Gasteiger partial charge is 0.254 e. The van der Waals surface area contributed by atoms with Crippen LogP contribution in [0.25, 0.3) is 0 Å². The Morgan fingerprint density at radius 3 is 2.38 bits per heavy atom. The van der Waals surface area contributed by atoms with Crippen LogP contribution in [0.4, 0.5) is 0 Å². The van der Waals surface area contributed by atoms with E-state index in [1.165, 1.54) is 5.56 Å². The number of nitrogens with one attached hydrogen (secondary N) is 1. The van der Waals surface area contributed by atoms with Crippen molar-refractivity contribution in [2.45, 2.75) is 25.8 Å². The monoisotopic (exact) mass is 322 g/mol. The first-order valence-electron chi connectivity index (χ1n) is 8.31. The van der Waals surface area contributed by atoms with Crippen LogP contribution in [0.15, 0.2) is 54.6 Å². The van der Waals surface area contributed by atoms with Gasteiger partial charge in [0.15, 0.2) is 0 Å². The summed E-state index contributed by atoms with van der Waals surface area (Å²) in [6, 6.07) is 16.6. The van der Waals surface area contributed by atoms with E-state index in [-0.39, 0.29) is 11.8 Å². The molecule has 1 atom stereocenters. The van der Waals surface area contributed by atoms with Gasteiger partial charge in [-0.25, -0.2) is 0 Å². The molecule has 4 nitrogen and oxygen atoms in total. The van der Waals surface area contributed by atoms with Gasteiger partial charge in [0.1, 0.15) is 6.04 Å². The second-order valence-corrected chi connectivity index (χ2v) is 6.38. The Labute approximate surface area is 142 Å². The van der Waals surface area contributed by atoms with E-state index < -0.39 is 6.04 Å². The van der Waals surface area contributed by atoms with E-state index in [2.05, 4.69) is 19.2 Å². The molecule has 1 N–H and O–H groups in total. The molecule has 0 bridgehead atoms. The van der Waals surface area contributed by atoms with Gasteiger partial charge in [-0.1, -0.05) is 56.3 Å². The summed E-state index contributed by atoms with van der Waals surface area (Å²) in [6.07, 6.45) is 0. The maximum Gasteiger partial charge on any atom is 0.254 e. The molecular weight excluding hydrogens is 300 g/mol. The Balaban J connectivity index is 1.90. The third kappa shape index (κ3) is 3.18. The molecule has 1 heterocycles. The molecule has 1 unspecified atom stereocenters. The zero-order valence-corrected chi connectivity index (χ0v) is 14.0. The molecule has 1 aliphatic rings. The maximum atomic E-state index is 13.0. The molecule has 0 aliphatic carbocycles. The molecule has 4 heteroatoms. The minimum atomic E-state index is -0.572. The number of amides is 2. The molecule has 3 rings (SSSR count). The largest absolute Gasteiger partial charge is 0.352 e. The highest BCUT2D eigenvalue weighted by Gasteiger charge is 2.34. The van der Waals surface area contributed by atoms with Gasteiger partial charge in [-0.15, -0.1) is 0 Å². The van der Waals surface area contributed by atoms with Crippen molar-refractivity contribution in [1.82, 2.24) is 10.2 Å². The van der Waals surface area contributed by atoms with Crippen LogP contribution in [0.1, 0.15) is 47.3 Å². The molecule has 1 aliphatic heterocycles. The lowest BCUT2D eigenvalue weighted by Gasteiger charge is -2.35. The number of hydrogen-bond donors (Lipinski definition) is 1. The molecule has 2 amide bonds. The van der Waals surface area contributed by atoms with Gasteiger partial charge < -0.3 is 10.2 Å². The molecule has 24 heavy (non-hydrogen) atoms. The van der Waals surface area contributed by atoms with Crippen LogP contribution in [0.5, 0.6) is 0 Å². The van der Waals surface area contributed by atoms with Gasteiger partial charge in [0.2, 0.25) is 5.91 Å². The van der Waals surface area contributed by atoms with Gasteiger partial charge in [0, 0.05) is 18.7 Å². The predicted octanol–water partition coefficient (Wildman–Crippen LogP) is 3.12. The zero-order valence-electron chi connectivity index (χ0n) is 14.0. The number of benzene rings is 2. The van der Waals surface area contributed by atoms with Gasteiger partial charge in [-0.3, -0.25) is 9.59 Å². The quantitative estimate of drug-likeness (QED) is 0.944. The van der Waals surface area contributed by atoms with Crippen molar-refractivity contribution in [2.75, 3.05) is 13.1 Å². The Hall–Kier alpha value is -2.62. The standard InChI is InChI=1S/C20H22N2O2/c1-14(2)15-8-10-17(11-9-15)20(24)22-13-12-21-19(23)18(22)16-6-4-3-5-7-16/h3-11,14,18H,12-13H2,1-2H3,(H,21,23). The molecular formula is C20H22N2O2. The molecule has 0 spiro atoms. The Morgan fingerprint density at radius 2 is 1.75 bits per heavy atom. The highest BCUT2D eigenvalue weighted by Crippen LogP contribution is 2.25. The van der Waals surface area contributed by atoms with Gasteiger partial charge in [-0.05, 0) is 29.2 Å². The second-order valence-electron chi connectivity index (χ2n) is 6.38. The van der Waals surface area contributed by atoms with E-state index in [1.54, 1.807) is 4.90 Å². The highest BCUT2D eigenvalue weighted by atomic mass is 16.2. The summed E-state index contributed by atoms with van der Waals surface area (Å²) < 4.78 is 0. The fraction of sp³-hybridized carbons (Fsp3) is 0.300. The third-order valence-electron chi connectivity index (χ3n) is 4.41. The van der Waals surface area contributed by atoms with Crippen LogP contribution in [-0.4, -0.2) is 29.8 Å². The number of hydrogen-bond acceptors (Lipinski definition) is 2. The summed E-state index contributed by atoms with van der Waals surface area (Å²) in [6.45, 7) is 5.24. The second kappa shape index (κ2) is 6.87. The van der Waals surface area contributed by atoms with E-state index in [0.29, 0.717) is 24.6 Å². The Morgan fingerprint density at radius 1 is 1.08 bits per heavy atom. The minimum Gasteiger partial charge on any atom is -0.352 e. The SMILES string of the molecule is CC(C)c1ccc(C(=O)N2CCNC(=O)C2c2ccccc2)cc1. The first-order chi connectivity index (χ1) is 11.6. The Bertz CT molecular complexity index is 723. The van der Waals surface area contributed by atoms with E-state index >= 15 is 0 Å². The van der Waals surface area contributed by atoms with E-state index in [4.69, 9.17) is 0 Å². The Kier molecular flexibility index (Phi) is 4.65. The fourth-order valence-corrected chi connectivity index (χ4v) is 3.03. The molecule has 0 aromatic heterocycles. The van der Waals surface area contributed by atoms with Gasteiger partial charge in [0.05, 0.1) is 0 Å². The molecule has 2 aromatic rings. The van der Waals surface area contributed by atoms with Crippen molar-refractivity contribution in [3.8, 4) is 0 Å². The first-order valence-corrected chi connectivity index (χ1v) is 8.31. The lowest BCUT2D eigenvalue weighted by Crippen LogP contribution is -2.52. The molecule has 1 fully saturated rings. The summed E-state index contributed by atoms with van der Waals surface area (Å²) in [7, 11) is 0. The summed E-state index contributed by atoms with van der Waals surface area (Å²) in [4.78, 5) is 27.0. The average Bonchev–Trinajstić information content (AvgIpc) is 2.61. The topological polar surface area (TPSA) is 49.4 Å². The van der Waals surface area contributed by atoms with E-state index in [9.17, 15) is 9.59 Å². The third-order valence-corrected chi connectivity index (χ3v) is 4.41. The van der Waals surface area contributed by atoms with Gasteiger partial charge in [-0.2, -0.15) is 0 Å². The summed E-state index contributed by atoms with van der Waals surface area (Å²) >= 11 is 0. The van der Waals surface area contributed by atoms with Crippen molar-refractivity contribution in [1.29, 1.82) is 0 Å². The van der Waals surface area contributed by atoms with Crippen molar-refractivity contribution in [3.63, 3.8) is 0 Å². The van der Waals surface area contributed by atoms with Crippen molar-refractivity contribution >= 4 is 11.8 Å². The van der Waals surface area contributed by atoms with Crippen LogP contribution in [0, 0.1) is 0 Å². The molecule has 0 radical (unpaired) electrons. The number of piperazine rings is 1. The van der Waals surface area contributed by atoms with E-state index in [1.807, 2.05) is 54.6 Å². The number of rotatable bonds is 3. The number of carbonyl (C=O) groups excluding carboxylic acids is 2.